The smallest absolute Gasteiger partial charge is 0.243 e. The summed E-state index contributed by atoms with van der Waals surface area (Å²) in [6, 6.07) is 5.43. The van der Waals surface area contributed by atoms with Crippen LogP contribution in [0.25, 0.3) is 0 Å². The van der Waals surface area contributed by atoms with Crippen LogP contribution in [0.4, 0.5) is 5.69 Å². The molecule has 5 N–H and O–H groups in total. The van der Waals surface area contributed by atoms with Gasteiger partial charge in [-0.3, -0.25) is 19.7 Å². The molecule has 8 heteroatoms. The van der Waals surface area contributed by atoms with E-state index in [1.807, 2.05) is 13.0 Å². The van der Waals surface area contributed by atoms with E-state index in [4.69, 9.17) is 10.5 Å². The number of carbonyl (C=O) groups excluding carboxylic acids is 3. The number of hydrogen-bond acceptors (Lipinski definition) is 5. The zero-order valence-electron chi connectivity index (χ0n) is 15.9. The number of ether oxygens (including phenoxy) is 1. The molecule has 0 aliphatic heterocycles. The fourth-order valence-corrected chi connectivity index (χ4v) is 3.27. The SMILES string of the molecule is COc1ccc(C)cc1NC(=O)CNC(=O)CNC1(C(N)=O)CCCCC1. The molecule has 1 aliphatic rings. The van der Waals surface area contributed by atoms with Crippen LogP contribution in [0.5, 0.6) is 5.75 Å². The lowest BCUT2D eigenvalue weighted by molar-refractivity contribution is -0.127. The summed E-state index contributed by atoms with van der Waals surface area (Å²) in [6.45, 7) is 1.66. The average Bonchev–Trinajstić information content (AvgIpc) is 2.65. The zero-order chi connectivity index (χ0) is 19.9. The van der Waals surface area contributed by atoms with Crippen molar-refractivity contribution in [1.82, 2.24) is 10.6 Å². The highest BCUT2D eigenvalue weighted by atomic mass is 16.5. The lowest BCUT2D eigenvalue weighted by Gasteiger charge is -2.35. The molecule has 0 saturated heterocycles. The van der Waals surface area contributed by atoms with Gasteiger partial charge in [-0.1, -0.05) is 25.3 Å². The number of rotatable bonds is 8. The Morgan fingerprint density at radius 1 is 1.11 bits per heavy atom. The van der Waals surface area contributed by atoms with E-state index in [1.165, 1.54) is 7.11 Å². The summed E-state index contributed by atoms with van der Waals surface area (Å²) >= 11 is 0. The van der Waals surface area contributed by atoms with E-state index in [0.29, 0.717) is 24.3 Å². The molecule has 2 rings (SSSR count). The van der Waals surface area contributed by atoms with Crippen molar-refractivity contribution < 1.29 is 19.1 Å². The molecule has 8 nitrogen and oxygen atoms in total. The maximum absolute atomic E-state index is 12.1. The molecule has 0 heterocycles. The third-order valence-corrected chi connectivity index (χ3v) is 4.84. The maximum atomic E-state index is 12.1. The highest BCUT2D eigenvalue weighted by Crippen LogP contribution is 2.27. The molecule has 3 amide bonds. The van der Waals surface area contributed by atoms with Crippen LogP contribution in [0.2, 0.25) is 0 Å². The van der Waals surface area contributed by atoms with Crippen LogP contribution < -0.4 is 26.4 Å². The van der Waals surface area contributed by atoms with Crippen molar-refractivity contribution in [1.29, 1.82) is 0 Å². The first-order valence-corrected chi connectivity index (χ1v) is 9.12. The Balaban J connectivity index is 1.82. The summed E-state index contributed by atoms with van der Waals surface area (Å²) in [5.41, 5.74) is 6.22. The summed E-state index contributed by atoms with van der Waals surface area (Å²) in [4.78, 5) is 35.9. The van der Waals surface area contributed by atoms with Crippen molar-refractivity contribution in [2.24, 2.45) is 5.73 Å². The van der Waals surface area contributed by atoms with Crippen molar-refractivity contribution >= 4 is 23.4 Å². The summed E-state index contributed by atoms with van der Waals surface area (Å²) < 4.78 is 5.21. The number of methoxy groups -OCH3 is 1. The van der Waals surface area contributed by atoms with Gasteiger partial charge in [0, 0.05) is 0 Å². The van der Waals surface area contributed by atoms with Crippen LogP contribution in [0.1, 0.15) is 37.7 Å². The molecule has 0 atom stereocenters. The van der Waals surface area contributed by atoms with Gasteiger partial charge in [-0.15, -0.1) is 0 Å². The average molecular weight is 376 g/mol. The fraction of sp³-hybridized carbons (Fsp3) is 0.526. The molecule has 0 spiro atoms. The molecule has 148 valence electrons. The Kier molecular flexibility index (Phi) is 7.18. The Hall–Kier alpha value is -2.61. The normalized spacial score (nSPS) is 15.6. The molecular weight excluding hydrogens is 348 g/mol. The minimum atomic E-state index is -0.827. The van der Waals surface area contributed by atoms with E-state index in [0.717, 1.165) is 24.8 Å². The Bertz CT molecular complexity index is 699. The number of anilines is 1. The van der Waals surface area contributed by atoms with Crippen LogP contribution in [0.3, 0.4) is 0 Å². The molecule has 1 saturated carbocycles. The van der Waals surface area contributed by atoms with Crippen molar-refractivity contribution in [3.8, 4) is 5.75 Å². The van der Waals surface area contributed by atoms with Crippen LogP contribution in [0.15, 0.2) is 18.2 Å². The number of benzene rings is 1. The molecule has 1 aliphatic carbocycles. The van der Waals surface area contributed by atoms with Gasteiger partial charge in [0.1, 0.15) is 5.75 Å². The number of amides is 3. The summed E-state index contributed by atoms with van der Waals surface area (Å²) in [6.07, 6.45) is 4.12. The highest BCUT2D eigenvalue weighted by molar-refractivity contribution is 5.96. The van der Waals surface area contributed by atoms with Crippen molar-refractivity contribution in [3.63, 3.8) is 0 Å². The Morgan fingerprint density at radius 3 is 2.44 bits per heavy atom. The van der Waals surface area contributed by atoms with Gasteiger partial charge in [0.25, 0.3) is 0 Å². The molecule has 27 heavy (non-hydrogen) atoms. The third kappa shape index (κ3) is 5.68. The van der Waals surface area contributed by atoms with Gasteiger partial charge in [0.05, 0.1) is 31.4 Å². The maximum Gasteiger partial charge on any atom is 0.243 e. The first-order valence-electron chi connectivity index (χ1n) is 9.12. The number of aryl methyl sites for hydroxylation is 1. The van der Waals surface area contributed by atoms with Crippen molar-refractivity contribution in [3.05, 3.63) is 23.8 Å². The molecule has 0 aromatic heterocycles. The standard InChI is InChI=1S/C19H28N4O4/c1-13-6-7-15(27-2)14(10-13)23-17(25)11-21-16(24)12-22-19(18(20)26)8-4-3-5-9-19/h6-7,10,22H,3-5,8-9,11-12H2,1-2H3,(H2,20,26)(H,21,24)(H,23,25). The molecule has 0 unspecified atom stereocenters. The highest BCUT2D eigenvalue weighted by Gasteiger charge is 2.37. The first kappa shape index (κ1) is 20.7. The lowest BCUT2D eigenvalue weighted by atomic mass is 9.81. The second-order valence-corrected chi connectivity index (χ2v) is 6.89. The molecule has 1 aromatic rings. The summed E-state index contributed by atoms with van der Waals surface area (Å²) in [5, 5.41) is 8.25. The molecule has 1 fully saturated rings. The predicted molar refractivity (Wildman–Crippen MR) is 102 cm³/mol. The van der Waals surface area contributed by atoms with E-state index < -0.39 is 11.4 Å². The van der Waals surface area contributed by atoms with Crippen molar-refractivity contribution in [2.75, 3.05) is 25.5 Å². The summed E-state index contributed by atoms with van der Waals surface area (Å²) in [5.74, 6) is -0.621. The zero-order valence-corrected chi connectivity index (χ0v) is 15.9. The molecule has 0 radical (unpaired) electrons. The largest absolute Gasteiger partial charge is 0.495 e. The fourth-order valence-electron chi connectivity index (χ4n) is 3.27. The lowest BCUT2D eigenvalue weighted by Crippen LogP contribution is -2.58. The van der Waals surface area contributed by atoms with Crippen LogP contribution in [-0.4, -0.2) is 43.5 Å². The Labute approximate surface area is 159 Å². The van der Waals surface area contributed by atoms with E-state index in [-0.39, 0.29) is 24.9 Å². The van der Waals surface area contributed by atoms with Crippen molar-refractivity contribution in [2.45, 2.75) is 44.6 Å². The second kappa shape index (κ2) is 9.36. The first-order chi connectivity index (χ1) is 12.9. The molecule has 0 bridgehead atoms. The minimum Gasteiger partial charge on any atom is -0.495 e. The van der Waals surface area contributed by atoms with E-state index >= 15 is 0 Å². The quantitative estimate of drug-likeness (QED) is 0.535. The third-order valence-electron chi connectivity index (χ3n) is 4.84. The van der Waals surface area contributed by atoms with Crippen LogP contribution in [0, 0.1) is 6.92 Å². The van der Waals surface area contributed by atoms with E-state index in [1.54, 1.807) is 12.1 Å². The van der Waals surface area contributed by atoms with Gasteiger partial charge in [0.15, 0.2) is 0 Å². The second-order valence-electron chi connectivity index (χ2n) is 6.89. The Morgan fingerprint density at radius 2 is 1.81 bits per heavy atom. The number of nitrogens with one attached hydrogen (secondary N) is 3. The van der Waals surface area contributed by atoms with E-state index in [2.05, 4.69) is 16.0 Å². The van der Waals surface area contributed by atoms with Crippen LogP contribution >= 0.6 is 0 Å². The summed E-state index contributed by atoms with van der Waals surface area (Å²) in [7, 11) is 1.52. The number of carbonyl (C=O) groups is 3. The topological polar surface area (TPSA) is 123 Å². The number of nitrogens with two attached hydrogens (primary N) is 1. The number of hydrogen-bond donors (Lipinski definition) is 4. The molecule has 1 aromatic carbocycles. The van der Waals surface area contributed by atoms with Crippen LogP contribution in [-0.2, 0) is 14.4 Å². The monoisotopic (exact) mass is 376 g/mol. The minimum absolute atomic E-state index is 0.0655. The van der Waals surface area contributed by atoms with Gasteiger partial charge in [0.2, 0.25) is 17.7 Å². The van der Waals surface area contributed by atoms with Gasteiger partial charge >= 0.3 is 0 Å². The van der Waals surface area contributed by atoms with Gasteiger partial charge in [-0.05, 0) is 37.5 Å². The van der Waals surface area contributed by atoms with Gasteiger partial charge in [-0.25, -0.2) is 0 Å². The van der Waals surface area contributed by atoms with Gasteiger partial charge < -0.3 is 21.1 Å². The van der Waals surface area contributed by atoms with Gasteiger partial charge in [-0.2, -0.15) is 0 Å². The number of primary amides is 1. The molecular formula is C19H28N4O4. The predicted octanol–water partition coefficient (Wildman–Crippen LogP) is 0.836. The van der Waals surface area contributed by atoms with E-state index in [9.17, 15) is 14.4 Å².